The highest BCUT2D eigenvalue weighted by atomic mass is 32.1. The maximum atomic E-state index is 11.0. The van der Waals surface area contributed by atoms with Gasteiger partial charge in [-0.2, -0.15) is 12.6 Å². The maximum absolute atomic E-state index is 11.0. The summed E-state index contributed by atoms with van der Waals surface area (Å²) >= 11 is 3.94. The Bertz CT molecular complexity index is 464. The largest absolute Gasteiger partial charge is 0.371 e. The minimum Gasteiger partial charge on any atom is -0.371 e. The molecule has 0 unspecified atom stereocenters. The highest BCUT2D eigenvalue weighted by Gasteiger charge is 2.15. The number of fused-ring (bicyclic) bond motifs is 1. The van der Waals surface area contributed by atoms with Crippen LogP contribution in [0.3, 0.4) is 0 Å². The number of carbonyl (C=O) groups is 1. The topological polar surface area (TPSA) is 32.3 Å². The number of amides is 1. The molecule has 0 saturated heterocycles. The minimum atomic E-state index is 0.0343. The predicted octanol–water partition coefficient (Wildman–Crippen LogP) is 3.44. The second kappa shape index (κ2) is 9.78. The van der Waals surface area contributed by atoms with Crippen LogP contribution in [0.1, 0.15) is 44.1 Å². The highest BCUT2D eigenvalue weighted by molar-refractivity contribution is 7.81. The van der Waals surface area contributed by atoms with Crippen LogP contribution in [0.25, 0.3) is 0 Å². The molecule has 0 aromatic heterocycles. The van der Waals surface area contributed by atoms with Crippen molar-refractivity contribution in [2.75, 3.05) is 30.3 Å². The molecule has 0 fully saturated rings. The zero-order chi connectivity index (χ0) is 15.6. The van der Waals surface area contributed by atoms with Crippen molar-refractivity contribution in [3.8, 4) is 0 Å². The highest BCUT2D eigenvalue weighted by Crippen LogP contribution is 2.26. The zero-order valence-corrected chi connectivity index (χ0v) is 14.3. The summed E-state index contributed by atoms with van der Waals surface area (Å²) in [5.74, 6) is 0.323. The number of carbonyl (C=O) groups excluding carboxylic acids is 1. The number of hydrogen-bond donors (Lipinski definition) is 2. The summed E-state index contributed by atoms with van der Waals surface area (Å²) in [6.45, 7) is 3.17. The van der Waals surface area contributed by atoms with Gasteiger partial charge in [-0.25, -0.2) is 0 Å². The Morgan fingerprint density at radius 1 is 1.14 bits per heavy atom. The van der Waals surface area contributed by atoms with Crippen LogP contribution in [0.4, 0.5) is 5.69 Å². The number of benzene rings is 1. The maximum Gasteiger partial charge on any atom is 0.229 e. The summed E-state index contributed by atoms with van der Waals surface area (Å²) in [6.07, 6.45) is 8.57. The summed E-state index contributed by atoms with van der Waals surface area (Å²) in [7, 11) is 0. The van der Waals surface area contributed by atoms with Gasteiger partial charge in [-0.3, -0.25) is 4.79 Å². The van der Waals surface area contributed by atoms with Gasteiger partial charge in [0.05, 0.1) is 5.75 Å². The van der Waals surface area contributed by atoms with E-state index in [1.165, 1.54) is 62.9 Å². The molecule has 1 N–H and O–H groups in total. The van der Waals surface area contributed by atoms with Gasteiger partial charge >= 0.3 is 0 Å². The van der Waals surface area contributed by atoms with E-state index in [0.29, 0.717) is 0 Å². The van der Waals surface area contributed by atoms with Crippen molar-refractivity contribution in [2.45, 2.75) is 44.9 Å². The Balaban J connectivity index is 1.55. The molecule has 1 heterocycles. The second-order valence-electron chi connectivity index (χ2n) is 6.00. The molecule has 22 heavy (non-hydrogen) atoms. The summed E-state index contributed by atoms with van der Waals surface area (Å²) in [5, 5.41) is 2.86. The van der Waals surface area contributed by atoms with Crippen LogP contribution in [-0.4, -0.2) is 31.3 Å². The van der Waals surface area contributed by atoms with Crippen molar-refractivity contribution >= 4 is 24.2 Å². The van der Waals surface area contributed by atoms with Crippen LogP contribution in [0.2, 0.25) is 0 Å². The second-order valence-corrected chi connectivity index (χ2v) is 6.31. The standard InChI is InChI=1S/C18H28N2OS/c21-18(15-22)19-12-6-2-1-3-7-13-20-14-8-10-16-9-4-5-11-17(16)20/h4-5,9,11,22H,1-3,6-8,10,12-15H2,(H,19,21). The fraction of sp³-hybridized carbons (Fsp3) is 0.611. The van der Waals surface area contributed by atoms with Gasteiger partial charge in [0.15, 0.2) is 0 Å². The molecule has 4 heteroatoms. The Morgan fingerprint density at radius 2 is 1.91 bits per heavy atom. The van der Waals surface area contributed by atoms with Crippen molar-refractivity contribution < 1.29 is 4.79 Å². The first-order valence-electron chi connectivity index (χ1n) is 8.51. The van der Waals surface area contributed by atoms with Crippen molar-refractivity contribution in [3.63, 3.8) is 0 Å². The van der Waals surface area contributed by atoms with Gasteiger partial charge in [0.2, 0.25) is 5.91 Å². The van der Waals surface area contributed by atoms with Crippen molar-refractivity contribution in [2.24, 2.45) is 0 Å². The summed E-state index contributed by atoms with van der Waals surface area (Å²) in [6, 6.07) is 8.82. The van der Waals surface area contributed by atoms with Crippen LogP contribution < -0.4 is 10.2 Å². The smallest absolute Gasteiger partial charge is 0.229 e. The summed E-state index contributed by atoms with van der Waals surface area (Å²) in [4.78, 5) is 13.6. The van der Waals surface area contributed by atoms with E-state index in [2.05, 4.69) is 47.1 Å². The van der Waals surface area contributed by atoms with Crippen molar-refractivity contribution in [1.29, 1.82) is 0 Å². The molecule has 122 valence electrons. The fourth-order valence-electron chi connectivity index (χ4n) is 3.09. The van der Waals surface area contributed by atoms with E-state index in [9.17, 15) is 4.79 Å². The number of nitrogens with zero attached hydrogens (tertiary/aromatic N) is 1. The SMILES string of the molecule is O=C(CS)NCCCCCCCN1CCCc2ccccc21. The predicted molar refractivity (Wildman–Crippen MR) is 96.9 cm³/mol. The fourth-order valence-corrected chi connectivity index (χ4v) is 3.20. The molecule has 1 amide bonds. The monoisotopic (exact) mass is 320 g/mol. The number of para-hydroxylation sites is 1. The molecule has 1 aromatic carbocycles. The third-order valence-electron chi connectivity index (χ3n) is 4.28. The van der Waals surface area contributed by atoms with Crippen molar-refractivity contribution in [3.05, 3.63) is 29.8 Å². The number of anilines is 1. The summed E-state index contributed by atoms with van der Waals surface area (Å²) in [5.41, 5.74) is 2.96. The lowest BCUT2D eigenvalue weighted by Gasteiger charge is -2.31. The molecule has 0 saturated carbocycles. The Kier molecular flexibility index (Phi) is 7.64. The average molecular weight is 321 g/mol. The Hall–Kier alpha value is -1.16. The first-order chi connectivity index (χ1) is 10.8. The van der Waals surface area contributed by atoms with Crippen LogP contribution >= 0.6 is 12.6 Å². The quantitative estimate of drug-likeness (QED) is 0.540. The molecule has 1 aliphatic rings. The van der Waals surface area contributed by atoms with E-state index >= 15 is 0 Å². The molecule has 0 spiro atoms. The number of hydrogen-bond acceptors (Lipinski definition) is 3. The molecule has 0 aliphatic carbocycles. The van der Waals surface area contributed by atoms with E-state index in [1.807, 2.05) is 0 Å². The molecular weight excluding hydrogens is 292 g/mol. The normalized spacial score (nSPS) is 13.8. The lowest BCUT2D eigenvalue weighted by Crippen LogP contribution is -2.30. The molecule has 1 aliphatic heterocycles. The Labute approximate surface area is 139 Å². The molecule has 2 rings (SSSR count). The van der Waals surface area contributed by atoms with Crippen LogP contribution in [-0.2, 0) is 11.2 Å². The average Bonchev–Trinajstić information content (AvgIpc) is 2.57. The molecule has 3 nitrogen and oxygen atoms in total. The van der Waals surface area contributed by atoms with Gasteiger partial charge in [-0.15, -0.1) is 0 Å². The third kappa shape index (κ3) is 5.56. The van der Waals surface area contributed by atoms with Gasteiger partial charge in [-0.1, -0.05) is 37.5 Å². The number of thiol groups is 1. The van der Waals surface area contributed by atoms with E-state index < -0.39 is 0 Å². The zero-order valence-electron chi connectivity index (χ0n) is 13.4. The number of rotatable bonds is 9. The van der Waals surface area contributed by atoms with Gasteiger partial charge in [-0.05, 0) is 37.3 Å². The molecular formula is C18H28N2OS. The van der Waals surface area contributed by atoms with E-state index in [-0.39, 0.29) is 11.7 Å². The van der Waals surface area contributed by atoms with Crippen LogP contribution in [0.5, 0.6) is 0 Å². The van der Waals surface area contributed by atoms with Crippen LogP contribution in [0, 0.1) is 0 Å². The van der Waals surface area contributed by atoms with E-state index in [0.717, 1.165) is 13.0 Å². The first kappa shape index (κ1) is 17.2. The molecule has 0 radical (unpaired) electrons. The van der Waals surface area contributed by atoms with E-state index in [4.69, 9.17) is 0 Å². The van der Waals surface area contributed by atoms with Gasteiger partial charge in [0, 0.05) is 25.3 Å². The van der Waals surface area contributed by atoms with Gasteiger partial charge < -0.3 is 10.2 Å². The van der Waals surface area contributed by atoms with E-state index in [1.54, 1.807) is 0 Å². The van der Waals surface area contributed by atoms with Gasteiger partial charge in [0.1, 0.15) is 0 Å². The van der Waals surface area contributed by atoms with Crippen molar-refractivity contribution in [1.82, 2.24) is 5.32 Å². The Morgan fingerprint density at radius 3 is 2.77 bits per heavy atom. The number of unbranched alkanes of at least 4 members (excludes halogenated alkanes) is 4. The lowest BCUT2D eigenvalue weighted by atomic mass is 10.0. The minimum absolute atomic E-state index is 0.0343. The van der Waals surface area contributed by atoms with Crippen LogP contribution in [0.15, 0.2) is 24.3 Å². The molecule has 1 aromatic rings. The number of aryl methyl sites for hydroxylation is 1. The number of nitrogens with one attached hydrogen (secondary N) is 1. The summed E-state index contributed by atoms with van der Waals surface area (Å²) < 4.78 is 0. The third-order valence-corrected chi connectivity index (χ3v) is 4.56. The first-order valence-corrected chi connectivity index (χ1v) is 9.15. The molecule has 0 bridgehead atoms. The van der Waals surface area contributed by atoms with Gasteiger partial charge in [0.25, 0.3) is 0 Å². The lowest BCUT2D eigenvalue weighted by molar-refractivity contribution is -0.118. The molecule has 0 atom stereocenters.